The molecule has 0 bridgehead atoms. The van der Waals surface area contributed by atoms with E-state index in [4.69, 9.17) is 0 Å². The fourth-order valence-corrected chi connectivity index (χ4v) is 11.5. The van der Waals surface area contributed by atoms with Crippen molar-refractivity contribution >= 4 is 32.7 Å². The van der Waals surface area contributed by atoms with Gasteiger partial charge in [0.1, 0.15) is 0 Å². The number of rotatable bonds is 5. The molecule has 0 heterocycles. The van der Waals surface area contributed by atoms with Crippen LogP contribution in [-0.4, -0.2) is 0 Å². The molecule has 13 rings (SSSR count). The third-order valence-electron chi connectivity index (χ3n) is 15.6. The fourth-order valence-electron chi connectivity index (χ4n) is 11.5. The number of aryl methyl sites for hydroxylation is 2. The number of hydrogen-bond donors (Lipinski definition) is 0. The van der Waals surface area contributed by atoms with E-state index in [9.17, 15) is 0 Å². The van der Waals surface area contributed by atoms with E-state index in [1.165, 1.54) is 129 Å². The minimum Gasteiger partial charge on any atom is -0.0720 e. The topological polar surface area (TPSA) is 0 Å². The first-order chi connectivity index (χ1) is 36.1. The summed E-state index contributed by atoms with van der Waals surface area (Å²) >= 11 is 0. The average Bonchev–Trinajstić information content (AvgIpc) is 3.78. The molecule has 0 aromatic heterocycles. The van der Waals surface area contributed by atoms with E-state index in [0.29, 0.717) is 0 Å². The molecule has 10 aromatic rings. The van der Waals surface area contributed by atoms with Gasteiger partial charge in [-0.15, -0.1) is 0 Å². The van der Waals surface area contributed by atoms with Crippen molar-refractivity contribution in [2.75, 3.05) is 0 Å². The molecule has 10 aromatic carbocycles. The van der Waals surface area contributed by atoms with Gasteiger partial charge in [-0.1, -0.05) is 294 Å². The molecule has 0 unspecified atom stereocenters. The lowest BCUT2D eigenvalue weighted by Gasteiger charge is -2.35. The molecular weight excluding hydrogens is 889 g/mol. The Morgan fingerprint density at radius 2 is 0.892 bits per heavy atom. The van der Waals surface area contributed by atoms with E-state index in [-0.39, 0.29) is 10.8 Å². The van der Waals surface area contributed by atoms with Crippen molar-refractivity contribution in [1.82, 2.24) is 0 Å². The fraction of sp³-hybridized carbons (Fsp3) is 0.162. The van der Waals surface area contributed by atoms with Gasteiger partial charge in [-0.25, -0.2) is 0 Å². The first-order valence-electron chi connectivity index (χ1n) is 26.7. The zero-order chi connectivity index (χ0) is 51.2. The SMILES string of the molecule is CC1=CC2=C(CC=C1c1ccc3ccc4ccccc4c3c1)c1ccccc1C2(c1ccccc1)c1ccccc1.CCCC.Cc1ccc(-c2ccccc2)cc1.Cc1ccc2c(c1)C(C)(C)c1ccccc1-2. The summed E-state index contributed by atoms with van der Waals surface area (Å²) in [5.74, 6) is 0. The third kappa shape index (κ3) is 9.42. The van der Waals surface area contributed by atoms with Crippen LogP contribution in [0.1, 0.15) is 104 Å². The van der Waals surface area contributed by atoms with E-state index in [2.05, 4.69) is 291 Å². The van der Waals surface area contributed by atoms with E-state index < -0.39 is 0 Å². The summed E-state index contributed by atoms with van der Waals surface area (Å²) in [6, 6.07) is 85.9. The van der Waals surface area contributed by atoms with Gasteiger partial charge in [-0.3, -0.25) is 0 Å². The normalized spacial score (nSPS) is 14.3. The maximum atomic E-state index is 2.49. The summed E-state index contributed by atoms with van der Waals surface area (Å²) in [4.78, 5) is 0. The summed E-state index contributed by atoms with van der Waals surface area (Å²) in [7, 11) is 0. The molecule has 3 aliphatic rings. The zero-order valence-electron chi connectivity index (χ0n) is 44.3. The molecule has 0 saturated carbocycles. The summed E-state index contributed by atoms with van der Waals surface area (Å²) in [6.45, 7) is 15.6. The van der Waals surface area contributed by atoms with Crippen molar-refractivity contribution in [1.29, 1.82) is 0 Å². The summed E-state index contributed by atoms with van der Waals surface area (Å²) in [5.41, 5.74) is 22.8. The van der Waals surface area contributed by atoms with Crippen LogP contribution < -0.4 is 0 Å². The second-order valence-electron chi connectivity index (χ2n) is 20.7. The van der Waals surface area contributed by atoms with E-state index in [1.807, 2.05) is 6.07 Å². The van der Waals surface area contributed by atoms with E-state index >= 15 is 0 Å². The average molecular weight is 957 g/mol. The number of fused-ring (bicyclic) bond motifs is 8. The maximum Gasteiger partial charge on any atom is 0.0710 e. The highest BCUT2D eigenvalue weighted by Crippen LogP contribution is 2.57. The van der Waals surface area contributed by atoms with Crippen LogP contribution in [0.4, 0.5) is 0 Å². The molecule has 0 fully saturated rings. The van der Waals surface area contributed by atoms with Gasteiger partial charge in [0, 0.05) is 5.41 Å². The van der Waals surface area contributed by atoms with Gasteiger partial charge < -0.3 is 0 Å². The predicted octanol–water partition coefficient (Wildman–Crippen LogP) is 20.3. The number of benzene rings is 10. The zero-order valence-corrected chi connectivity index (χ0v) is 44.3. The van der Waals surface area contributed by atoms with Crippen LogP contribution in [0.15, 0.2) is 260 Å². The lowest BCUT2D eigenvalue weighted by molar-refractivity contribution is 0.660. The Kier molecular flexibility index (Phi) is 14.4. The summed E-state index contributed by atoms with van der Waals surface area (Å²) in [6.07, 6.45) is 8.48. The van der Waals surface area contributed by atoms with Gasteiger partial charge in [0.15, 0.2) is 0 Å². The molecule has 0 aliphatic heterocycles. The smallest absolute Gasteiger partial charge is 0.0710 e. The highest BCUT2D eigenvalue weighted by Gasteiger charge is 2.47. The Morgan fingerprint density at radius 1 is 0.392 bits per heavy atom. The molecule has 0 amide bonds. The van der Waals surface area contributed by atoms with Crippen molar-refractivity contribution in [3.8, 4) is 22.3 Å². The number of allylic oxidation sites excluding steroid dienone is 6. The van der Waals surface area contributed by atoms with E-state index in [1.54, 1.807) is 0 Å². The van der Waals surface area contributed by atoms with E-state index in [0.717, 1.165) is 6.42 Å². The van der Waals surface area contributed by atoms with Gasteiger partial charge in [0.2, 0.25) is 0 Å². The maximum absolute atomic E-state index is 2.49. The lowest BCUT2D eigenvalue weighted by Crippen LogP contribution is -2.29. The minimum absolute atomic E-state index is 0.151. The Labute approximate surface area is 441 Å². The Hall–Kier alpha value is -8.06. The van der Waals surface area contributed by atoms with Crippen LogP contribution in [-0.2, 0) is 10.8 Å². The van der Waals surface area contributed by atoms with Crippen LogP contribution in [0.2, 0.25) is 0 Å². The monoisotopic (exact) mass is 957 g/mol. The summed E-state index contributed by atoms with van der Waals surface area (Å²) in [5, 5.41) is 5.19. The van der Waals surface area contributed by atoms with Crippen molar-refractivity contribution in [3.05, 3.63) is 310 Å². The first kappa shape index (κ1) is 49.5. The Bertz CT molecular complexity index is 3630. The second kappa shape index (κ2) is 21.6. The van der Waals surface area contributed by atoms with Crippen molar-refractivity contribution in [2.24, 2.45) is 0 Å². The lowest BCUT2D eigenvalue weighted by atomic mass is 9.66. The summed E-state index contributed by atoms with van der Waals surface area (Å²) < 4.78 is 0. The van der Waals surface area contributed by atoms with Gasteiger partial charge in [-0.2, -0.15) is 0 Å². The van der Waals surface area contributed by atoms with Gasteiger partial charge in [0.05, 0.1) is 5.41 Å². The number of hydrogen-bond acceptors (Lipinski definition) is 0. The van der Waals surface area contributed by atoms with Crippen LogP contribution >= 0.6 is 0 Å². The molecule has 364 valence electrons. The molecule has 74 heavy (non-hydrogen) atoms. The van der Waals surface area contributed by atoms with Gasteiger partial charge >= 0.3 is 0 Å². The molecule has 0 atom stereocenters. The minimum atomic E-state index is -0.363. The standard InChI is InChI=1S/C41H30.C16H16.C13H12.C4H10/c1-28-26-40-37(25-24-34(28)31-23-22-30-21-20-29-12-8-9-17-35(29)38(30)27-31)36-18-10-11-19-39(36)41(40,32-13-4-2-5-14-32)33-15-6-3-7-16-33;1-11-8-9-13-12-6-4-5-7-14(12)16(2,3)15(13)10-11;1-11-7-9-13(10-8-11)12-5-3-2-4-6-12;1-3-4-2/h2-24,26-27H,25H2,1H3;4-10H,1-3H3;2-10H,1H3;3-4H2,1-2H3. The quantitative estimate of drug-likeness (QED) is 0.151. The van der Waals surface area contributed by atoms with Gasteiger partial charge in [0.25, 0.3) is 0 Å². The Balaban J connectivity index is 0.000000154. The molecule has 0 N–H and O–H groups in total. The second-order valence-corrected chi connectivity index (χ2v) is 20.7. The molecular formula is C74H68. The van der Waals surface area contributed by atoms with Gasteiger partial charge in [-0.05, 0) is 138 Å². The van der Waals surface area contributed by atoms with Crippen molar-refractivity contribution in [3.63, 3.8) is 0 Å². The Morgan fingerprint density at radius 3 is 1.55 bits per heavy atom. The van der Waals surface area contributed by atoms with Crippen LogP contribution in [0.5, 0.6) is 0 Å². The predicted molar refractivity (Wildman–Crippen MR) is 320 cm³/mol. The first-order valence-corrected chi connectivity index (χ1v) is 26.7. The van der Waals surface area contributed by atoms with Crippen molar-refractivity contribution in [2.45, 2.75) is 78.6 Å². The molecule has 0 radical (unpaired) electrons. The largest absolute Gasteiger partial charge is 0.0720 e. The number of unbranched alkanes of at least 4 members (excludes halogenated alkanes) is 1. The highest BCUT2D eigenvalue weighted by atomic mass is 14.5. The van der Waals surface area contributed by atoms with Crippen molar-refractivity contribution < 1.29 is 0 Å². The van der Waals surface area contributed by atoms with Crippen LogP contribution in [0.25, 0.3) is 54.9 Å². The molecule has 0 heteroatoms. The van der Waals surface area contributed by atoms with Crippen LogP contribution in [0.3, 0.4) is 0 Å². The third-order valence-corrected chi connectivity index (χ3v) is 15.6. The molecule has 0 saturated heterocycles. The van der Waals surface area contributed by atoms with Crippen LogP contribution in [0, 0.1) is 13.8 Å². The molecule has 0 nitrogen and oxygen atoms in total. The molecule has 0 spiro atoms. The highest BCUT2D eigenvalue weighted by molar-refractivity contribution is 6.08. The molecule has 3 aliphatic carbocycles.